The number of nitrogens with one attached hydrogen (secondary N) is 2. The Balaban J connectivity index is 1.54. The molecule has 1 aliphatic heterocycles. The molecule has 0 radical (unpaired) electrons. The Morgan fingerprint density at radius 3 is 2.30 bits per heavy atom. The van der Waals surface area contributed by atoms with Gasteiger partial charge in [-0.15, -0.1) is 0 Å². The summed E-state index contributed by atoms with van der Waals surface area (Å²) in [6.07, 6.45) is 7.51. The second kappa shape index (κ2) is 12.1. The van der Waals surface area contributed by atoms with Gasteiger partial charge in [-0.1, -0.05) is 56.3 Å². The van der Waals surface area contributed by atoms with Crippen LogP contribution in [-0.2, 0) is 9.59 Å². The van der Waals surface area contributed by atoms with Crippen molar-refractivity contribution in [2.24, 2.45) is 11.8 Å². The van der Waals surface area contributed by atoms with Gasteiger partial charge in [0.15, 0.2) is 0 Å². The molecule has 0 aromatic heterocycles. The van der Waals surface area contributed by atoms with Crippen molar-refractivity contribution < 1.29 is 14.4 Å². The van der Waals surface area contributed by atoms with Gasteiger partial charge in [0.1, 0.15) is 6.04 Å². The van der Waals surface area contributed by atoms with Crippen LogP contribution in [0.25, 0.3) is 0 Å². The maximum absolute atomic E-state index is 13.1. The monoisotopic (exact) mass is 495 g/mol. The highest BCUT2D eigenvalue weighted by atomic mass is 35.5. The molecule has 1 aromatic carbocycles. The van der Waals surface area contributed by atoms with Gasteiger partial charge < -0.3 is 15.5 Å². The lowest BCUT2D eigenvalue weighted by atomic mass is 9.87. The molecule has 1 unspecified atom stereocenters. The standard InChI is InChI=1S/C25H35Cl2N3O3/c1-16(2)14-22(29-23(31)20-9-8-18(26)15-21(20)27)24(32)28-19-10-12-30(13-11-19)25(33)17-6-4-3-5-7-17/h8-9,15-17,19,22H,3-7,10-14H2,1-2H3,(H,28,32)(H,29,31). The van der Waals surface area contributed by atoms with Crippen LogP contribution in [0.3, 0.4) is 0 Å². The fourth-order valence-electron chi connectivity index (χ4n) is 4.77. The van der Waals surface area contributed by atoms with E-state index in [1.54, 1.807) is 12.1 Å². The van der Waals surface area contributed by atoms with Crippen molar-refractivity contribution in [1.82, 2.24) is 15.5 Å². The van der Waals surface area contributed by atoms with E-state index in [4.69, 9.17) is 23.2 Å². The minimum Gasteiger partial charge on any atom is -0.351 e. The number of halogens is 2. The predicted molar refractivity (Wildman–Crippen MR) is 131 cm³/mol. The number of rotatable bonds is 7. The van der Waals surface area contributed by atoms with Gasteiger partial charge in [-0.2, -0.15) is 0 Å². The predicted octanol–water partition coefficient (Wildman–Crippen LogP) is 4.83. The maximum atomic E-state index is 13.1. The summed E-state index contributed by atoms with van der Waals surface area (Å²) in [5, 5.41) is 6.63. The van der Waals surface area contributed by atoms with Gasteiger partial charge in [0.25, 0.3) is 5.91 Å². The molecule has 33 heavy (non-hydrogen) atoms. The number of carbonyl (C=O) groups excluding carboxylic acids is 3. The molecular formula is C25H35Cl2N3O3. The largest absolute Gasteiger partial charge is 0.351 e. The first-order valence-corrected chi connectivity index (χ1v) is 12.8. The molecule has 0 bridgehead atoms. The fourth-order valence-corrected chi connectivity index (χ4v) is 5.26. The van der Waals surface area contributed by atoms with Gasteiger partial charge in [0.05, 0.1) is 10.6 Å². The third kappa shape index (κ3) is 7.35. The summed E-state index contributed by atoms with van der Waals surface area (Å²) in [6.45, 7) is 5.36. The second-order valence-electron chi connectivity index (χ2n) is 9.72. The Kier molecular flexibility index (Phi) is 9.45. The summed E-state index contributed by atoms with van der Waals surface area (Å²) in [5.41, 5.74) is 0.289. The molecule has 8 heteroatoms. The Morgan fingerprint density at radius 2 is 1.70 bits per heavy atom. The van der Waals surface area contributed by atoms with Crippen LogP contribution in [0.4, 0.5) is 0 Å². The molecular weight excluding hydrogens is 461 g/mol. The molecule has 0 spiro atoms. The van der Waals surface area contributed by atoms with Crippen LogP contribution in [0.1, 0.15) is 75.6 Å². The number of likely N-dealkylation sites (tertiary alicyclic amines) is 1. The van der Waals surface area contributed by atoms with E-state index >= 15 is 0 Å². The molecule has 2 N–H and O–H groups in total. The minimum atomic E-state index is -0.661. The Morgan fingerprint density at radius 1 is 1.03 bits per heavy atom. The van der Waals surface area contributed by atoms with E-state index in [1.807, 2.05) is 18.7 Å². The molecule has 1 aromatic rings. The highest BCUT2D eigenvalue weighted by molar-refractivity contribution is 6.36. The first kappa shape index (κ1) is 25.8. The summed E-state index contributed by atoms with van der Waals surface area (Å²) in [4.78, 5) is 40.6. The van der Waals surface area contributed by atoms with Crippen LogP contribution in [0.15, 0.2) is 18.2 Å². The summed E-state index contributed by atoms with van der Waals surface area (Å²) in [7, 11) is 0. The van der Waals surface area contributed by atoms with Crippen LogP contribution in [0.5, 0.6) is 0 Å². The number of hydrogen-bond acceptors (Lipinski definition) is 3. The van der Waals surface area contributed by atoms with Crippen molar-refractivity contribution in [3.63, 3.8) is 0 Å². The zero-order valence-corrected chi connectivity index (χ0v) is 21.1. The number of hydrogen-bond donors (Lipinski definition) is 2. The Labute approximate surface area is 206 Å². The van der Waals surface area contributed by atoms with Gasteiger partial charge >= 0.3 is 0 Å². The van der Waals surface area contributed by atoms with Crippen molar-refractivity contribution in [3.05, 3.63) is 33.8 Å². The first-order valence-electron chi connectivity index (χ1n) is 12.1. The third-order valence-corrected chi connectivity index (χ3v) is 7.16. The number of piperidine rings is 1. The van der Waals surface area contributed by atoms with Crippen molar-refractivity contribution in [2.75, 3.05) is 13.1 Å². The van der Waals surface area contributed by atoms with Gasteiger partial charge in [-0.05, 0) is 56.2 Å². The van der Waals surface area contributed by atoms with Crippen LogP contribution in [0.2, 0.25) is 10.0 Å². The van der Waals surface area contributed by atoms with E-state index in [0.29, 0.717) is 24.5 Å². The van der Waals surface area contributed by atoms with E-state index in [1.165, 1.54) is 12.5 Å². The average molecular weight is 496 g/mol. The number of benzene rings is 1. The molecule has 2 fully saturated rings. The highest BCUT2D eigenvalue weighted by Gasteiger charge is 2.31. The zero-order chi connectivity index (χ0) is 24.0. The Bertz CT molecular complexity index is 847. The third-order valence-electron chi connectivity index (χ3n) is 6.61. The van der Waals surface area contributed by atoms with Crippen LogP contribution in [-0.4, -0.2) is 47.8 Å². The summed E-state index contributed by atoms with van der Waals surface area (Å²) in [6, 6.07) is 4.01. The molecule has 3 amide bonds. The van der Waals surface area contributed by atoms with E-state index in [-0.39, 0.29) is 40.3 Å². The second-order valence-corrected chi connectivity index (χ2v) is 10.6. The lowest BCUT2D eigenvalue weighted by molar-refractivity contribution is -0.137. The smallest absolute Gasteiger partial charge is 0.253 e. The number of nitrogens with zero attached hydrogens (tertiary/aromatic N) is 1. The van der Waals surface area contributed by atoms with Crippen LogP contribution in [0, 0.1) is 11.8 Å². The summed E-state index contributed by atoms with van der Waals surface area (Å²) < 4.78 is 0. The van der Waals surface area contributed by atoms with Gasteiger partial charge in [0, 0.05) is 30.1 Å². The van der Waals surface area contributed by atoms with Crippen molar-refractivity contribution in [1.29, 1.82) is 0 Å². The van der Waals surface area contributed by atoms with Gasteiger partial charge in [-0.25, -0.2) is 0 Å². The molecule has 6 nitrogen and oxygen atoms in total. The molecule has 182 valence electrons. The molecule has 1 atom stereocenters. The summed E-state index contributed by atoms with van der Waals surface area (Å²) in [5.74, 6) is 0.0840. The number of amides is 3. The fraction of sp³-hybridized carbons (Fsp3) is 0.640. The molecule has 1 saturated carbocycles. The lowest BCUT2D eigenvalue weighted by Gasteiger charge is -2.36. The topological polar surface area (TPSA) is 78.5 Å². The van der Waals surface area contributed by atoms with Gasteiger partial charge in [-0.3, -0.25) is 14.4 Å². The van der Waals surface area contributed by atoms with E-state index < -0.39 is 11.9 Å². The first-order chi connectivity index (χ1) is 15.7. The lowest BCUT2D eigenvalue weighted by Crippen LogP contribution is -2.53. The van der Waals surface area contributed by atoms with E-state index in [0.717, 1.165) is 38.5 Å². The quantitative estimate of drug-likeness (QED) is 0.568. The van der Waals surface area contributed by atoms with Crippen molar-refractivity contribution >= 4 is 40.9 Å². The number of carbonyl (C=O) groups is 3. The molecule has 1 aliphatic carbocycles. The zero-order valence-electron chi connectivity index (χ0n) is 19.5. The normalized spacial score (nSPS) is 18.8. The Hall–Kier alpha value is -1.79. The van der Waals surface area contributed by atoms with Gasteiger partial charge in [0.2, 0.25) is 11.8 Å². The van der Waals surface area contributed by atoms with Crippen LogP contribution >= 0.6 is 23.2 Å². The molecule has 2 aliphatic rings. The minimum absolute atomic E-state index is 0.00131. The van der Waals surface area contributed by atoms with Crippen LogP contribution < -0.4 is 10.6 Å². The molecule has 1 heterocycles. The molecule has 1 saturated heterocycles. The van der Waals surface area contributed by atoms with Crippen molar-refractivity contribution in [3.8, 4) is 0 Å². The highest BCUT2D eigenvalue weighted by Crippen LogP contribution is 2.27. The summed E-state index contributed by atoms with van der Waals surface area (Å²) >= 11 is 12.1. The van der Waals surface area contributed by atoms with E-state index in [2.05, 4.69) is 10.6 Å². The molecule has 3 rings (SSSR count). The average Bonchev–Trinajstić information content (AvgIpc) is 2.79. The SMILES string of the molecule is CC(C)CC(NC(=O)c1ccc(Cl)cc1Cl)C(=O)NC1CCN(C(=O)C2CCCCC2)CC1. The van der Waals surface area contributed by atoms with E-state index in [9.17, 15) is 14.4 Å². The maximum Gasteiger partial charge on any atom is 0.253 e. The van der Waals surface area contributed by atoms with Crippen molar-refractivity contribution in [2.45, 2.75) is 77.3 Å².